The summed E-state index contributed by atoms with van der Waals surface area (Å²) in [4.78, 5) is 4.56. The molecule has 0 radical (unpaired) electrons. The van der Waals surface area contributed by atoms with Gasteiger partial charge in [0.25, 0.3) is 0 Å². The molecule has 0 aliphatic carbocycles. The Morgan fingerprint density at radius 3 is 2.84 bits per heavy atom. The number of benzene rings is 1. The fraction of sp³-hybridized carbons (Fsp3) is 0.312. The largest absolute Gasteiger partial charge is 0.384 e. The third-order valence-corrected chi connectivity index (χ3v) is 3.66. The number of aromatic nitrogens is 1. The first-order chi connectivity index (χ1) is 9.15. The standard InChI is InChI=1S/C16H19N3/c1-16(2)11-19-15-8-13(18-10-14(15)16)9-17-12-6-4-3-5-7-12/h3-8,10,17,19H,9,11H2,1-2H3. The fourth-order valence-electron chi connectivity index (χ4n) is 2.44. The van der Waals surface area contributed by atoms with Gasteiger partial charge in [0, 0.05) is 35.1 Å². The van der Waals surface area contributed by atoms with Crippen LogP contribution in [0.15, 0.2) is 42.6 Å². The van der Waals surface area contributed by atoms with E-state index in [1.807, 2.05) is 24.4 Å². The summed E-state index contributed by atoms with van der Waals surface area (Å²) in [6.45, 7) is 6.23. The van der Waals surface area contributed by atoms with Crippen LogP contribution in [0.3, 0.4) is 0 Å². The zero-order chi connectivity index (χ0) is 13.3. The Balaban J connectivity index is 1.74. The highest BCUT2D eigenvalue weighted by Gasteiger charge is 2.29. The van der Waals surface area contributed by atoms with Gasteiger partial charge in [0.05, 0.1) is 12.2 Å². The Kier molecular flexibility index (Phi) is 2.90. The van der Waals surface area contributed by atoms with Crippen molar-refractivity contribution in [3.05, 3.63) is 53.9 Å². The maximum absolute atomic E-state index is 4.56. The summed E-state index contributed by atoms with van der Waals surface area (Å²) >= 11 is 0. The van der Waals surface area contributed by atoms with E-state index in [4.69, 9.17) is 0 Å². The van der Waals surface area contributed by atoms with Gasteiger partial charge in [0.15, 0.2) is 0 Å². The highest BCUT2D eigenvalue weighted by atomic mass is 15.0. The molecule has 2 aromatic rings. The average molecular weight is 253 g/mol. The topological polar surface area (TPSA) is 37.0 Å². The van der Waals surface area contributed by atoms with E-state index in [1.54, 1.807) is 0 Å². The lowest BCUT2D eigenvalue weighted by atomic mass is 9.88. The number of nitrogens with one attached hydrogen (secondary N) is 2. The molecular weight excluding hydrogens is 234 g/mol. The van der Waals surface area contributed by atoms with Crippen molar-refractivity contribution in [2.75, 3.05) is 17.2 Å². The first-order valence-electron chi connectivity index (χ1n) is 6.67. The normalized spacial score (nSPS) is 15.7. The molecule has 3 rings (SSSR count). The zero-order valence-electron chi connectivity index (χ0n) is 11.4. The van der Waals surface area contributed by atoms with Gasteiger partial charge in [-0.3, -0.25) is 4.98 Å². The minimum Gasteiger partial charge on any atom is -0.384 e. The van der Waals surface area contributed by atoms with E-state index in [0.717, 1.165) is 24.5 Å². The molecule has 0 saturated carbocycles. The maximum atomic E-state index is 4.56. The molecule has 0 unspecified atom stereocenters. The van der Waals surface area contributed by atoms with E-state index < -0.39 is 0 Å². The Morgan fingerprint density at radius 1 is 1.26 bits per heavy atom. The molecule has 1 aromatic carbocycles. The number of hydrogen-bond donors (Lipinski definition) is 2. The average Bonchev–Trinajstić information content (AvgIpc) is 2.73. The molecule has 0 bridgehead atoms. The van der Waals surface area contributed by atoms with Crippen LogP contribution in [-0.2, 0) is 12.0 Å². The third kappa shape index (κ3) is 2.41. The van der Waals surface area contributed by atoms with Crippen LogP contribution in [-0.4, -0.2) is 11.5 Å². The number of nitrogens with zero attached hydrogens (tertiary/aromatic N) is 1. The summed E-state index contributed by atoms with van der Waals surface area (Å²) in [5.41, 5.74) is 4.92. The summed E-state index contributed by atoms with van der Waals surface area (Å²) in [6, 6.07) is 12.4. The quantitative estimate of drug-likeness (QED) is 0.880. The summed E-state index contributed by atoms with van der Waals surface area (Å²) in [6.07, 6.45) is 2.01. The number of para-hydroxylation sites is 1. The van der Waals surface area contributed by atoms with Gasteiger partial charge < -0.3 is 10.6 Å². The summed E-state index contributed by atoms with van der Waals surface area (Å²) in [7, 11) is 0. The van der Waals surface area contributed by atoms with Gasteiger partial charge in [-0.25, -0.2) is 0 Å². The van der Waals surface area contributed by atoms with Crippen molar-refractivity contribution in [1.82, 2.24) is 4.98 Å². The van der Waals surface area contributed by atoms with Crippen molar-refractivity contribution in [2.45, 2.75) is 25.8 Å². The van der Waals surface area contributed by atoms with Crippen molar-refractivity contribution >= 4 is 11.4 Å². The molecule has 0 saturated heterocycles. The summed E-state index contributed by atoms with van der Waals surface area (Å²) in [5, 5.41) is 6.84. The molecule has 0 amide bonds. The molecule has 98 valence electrons. The van der Waals surface area contributed by atoms with Crippen LogP contribution >= 0.6 is 0 Å². The van der Waals surface area contributed by atoms with Gasteiger partial charge in [0.2, 0.25) is 0 Å². The molecule has 19 heavy (non-hydrogen) atoms. The Hall–Kier alpha value is -2.03. The van der Waals surface area contributed by atoms with Crippen LogP contribution in [0, 0.1) is 0 Å². The Morgan fingerprint density at radius 2 is 2.05 bits per heavy atom. The van der Waals surface area contributed by atoms with E-state index >= 15 is 0 Å². The van der Waals surface area contributed by atoms with Crippen molar-refractivity contribution < 1.29 is 0 Å². The highest BCUT2D eigenvalue weighted by Crippen LogP contribution is 2.35. The second kappa shape index (κ2) is 4.57. The number of anilines is 2. The molecule has 2 heterocycles. The SMILES string of the molecule is CC1(C)CNc2cc(CNc3ccccc3)ncc21. The number of fused-ring (bicyclic) bond motifs is 1. The Bertz CT molecular complexity index is 576. The van der Waals surface area contributed by atoms with E-state index in [-0.39, 0.29) is 5.41 Å². The smallest absolute Gasteiger partial charge is 0.0615 e. The molecule has 2 N–H and O–H groups in total. The highest BCUT2D eigenvalue weighted by molar-refractivity contribution is 5.59. The van der Waals surface area contributed by atoms with Crippen molar-refractivity contribution in [3.8, 4) is 0 Å². The maximum Gasteiger partial charge on any atom is 0.0615 e. The van der Waals surface area contributed by atoms with Gasteiger partial charge in [-0.15, -0.1) is 0 Å². The minimum atomic E-state index is 0.188. The number of pyridine rings is 1. The van der Waals surface area contributed by atoms with Crippen LogP contribution < -0.4 is 10.6 Å². The molecular formula is C16H19N3. The summed E-state index contributed by atoms with van der Waals surface area (Å²) in [5.74, 6) is 0. The second-order valence-electron chi connectivity index (χ2n) is 5.68. The summed E-state index contributed by atoms with van der Waals surface area (Å²) < 4.78 is 0. The van der Waals surface area contributed by atoms with E-state index in [2.05, 4.69) is 47.7 Å². The molecule has 0 fully saturated rings. The molecule has 3 heteroatoms. The molecule has 1 aromatic heterocycles. The zero-order valence-corrected chi connectivity index (χ0v) is 11.4. The van der Waals surface area contributed by atoms with Crippen molar-refractivity contribution in [1.29, 1.82) is 0 Å². The monoisotopic (exact) mass is 253 g/mol. The number of hydrogen-bond acceptors (Lipinski definition) is 3. The van der Waals surface area contributed by atoms with Crippen LogP contribution in [0.4, 0.5) is 11.4 Å². The fourth-order valence-corrected chi connectivity index (χ4v) is 2.44. The first-order valence-corrected chi connectivity index (χ1v) is 6.67. The van der Waals surface area contributed by atoms with Crippen molar-refractivity contribution in [3.63, 3.8) is 0 Å². The van der Waals surface area contributed by atoms with Crippen molar-refractivity contribution in [2.24, 2.45) is 0 Å². The molecule has 0 atom stereocenters. The number of rotatable bonds is 3. The molecule has 0 spiro atoms. The van der Waals surface area contributed by atoms with E-state index in [1.165, 1.54) is 11.3 Å². The predicted octanol–water partition coefficient (Wildman–Crippen LogP) is 3.40. The van der Waals surface area contributed by atoms with Crippen LogP contribution in [0.25, 0.3) is 0 Å². The lowest BCUT2D eigenvalue weighted by Gasteiger charge is -2.16. The second-order valence-corrected chi connectivity index (χ2v) is 5.68. The minimum absolute atomic E-state index is 0.188. The first kappa shape index (κ1) is 12.0. The van der Waals surface area contributed by atoms with Gasteiger partial charge in [-0.1, -0.05) is 32.0 Å². The van der Waals surface area contributed by atoms with Crippen LogP contribution in [0.2, 0.25) is 0 Å². The van der Waals surface area contributed by atoms with Gasteiger partial charge in [-0.05, 0) is 18.2 Å². The van der Waals surface area contributed by atoms with Crippen LogP contribution in [0.5, 0.6) is 0 Å². The molecule has 1 aliphatic rings. The van der Waals surface area contributed by atoms with Gasteiger partial charge in [0.1, 0.15) is 0 Å². The predicted molar refractivity (Wildman–Crippen MR) is 79.5 cm³/mol. The lowest BCUT2D eigenvalue weighted by molar-refractivity contribution is 0.584. The van der Waals surface area contributed by atoms with Crippen LogP contribution in [0.1, 0.15) is 25.1 Å². The lowest BCUT2D eigenvalue weighted by Crippen LogP contribution is -2.19. The molecule has 1 aliphatic heterocycles. The molecule has 3 nitrogen and oxygen atoms in total. The third-order valence-electron chi connectivity index (χ3n) is 3.66. The van der Waals surface area contributed by atoms with E-state index in [0.29, 0.717) is 0 Å². The Labute approximate surface area is 114 Å². The van der Waals surface area contributed by atoms with E-state index in [9.17, 15) is 0 Å². The van der Waals surface area contributed by atoms with Gasteiger partial charge in [-0.2, -0.15) is 0 Å². The van der Waals surface area contributed by atoms with Gasteiger partial charge >= 0.3 is 0 Å².